The van der Waals surface area contributed by atoms with Crippen LogP contribution in [-0.2, 0) is 11.2 Å². The number of aliphatic carboxylic acids is 1. The molecule has 0 amide bonds. The highest BCUT2D eigenvalue weighted by atomic mass is 16.4. The number of hydrogen-bond donors (Lipinski definition) is 3. The third kappa shape index (κ3) is 1.62. The first-order valence-electron chi connectivity index (χ1n) is 3.28. The maximum atomic E-state index is 10.2. The lowest BCUT2D eigenvalue weighted by Gasteiger charge is -1.97. The monoisotopic (exact) mass is 171 g/mol. The molecule has 1 heterocycles. The minimum absolute atomic E-state index is 0.0324. The predicted molar refractivity (Wildman–Crippen MR) is 40.5 cm³/mol. The van der Waals surface area contributed by atoms with Crippen molar-refractivity contribution in [3.63, 3.8) is 0 Å². The van der Waals surface area contributed by atoms with E-state index in [2.05, 4.69) is 10.2 Å². The molecule has 0 aliphatic carbocycles. The first kappa shape index (κ1) is 8.31. The molecule has 0 bridgehead atoms. The van der Waals surface area contributed by atoms with Gasteiger partial charge in [-0.25, -0.2) is 4.68 Å². The largest absolute Gasteiger partial charge is 0.481 e. The number of carboxylic acid groups (broad SMARTS) is 1. The van der Waals surface area contributed by atoms with Crippen LogP contribution in [0.5, 0.6) is 0 Å². The number of nitrogens with zero attached hydrogens (tertiary/aromatic N) is 3. The van der Waals surface area contributed by atoms with Gasteiger partial charge in [0.25, 0.3) is 0 Å². The molecule has 0 saturated carbocycles. The van der Waals surface area contributed by atoms with Gasteiger partial charge in [0.15, 0.2) is 5.82 Å². The Morgan fingerprint density at radius 3 is 2.67 bits per heavy atom. The number of rotatable bonds is 3. The van der Waals surface area contributed by atoms with E-state index in [9.17, 15) is 4.79 Å². The van der Waals surface area contributed by atoms with Crippen LogP contribution in [0.25, 0.3) is 0 Å². The lowest BCUT2D eigenvalue weighted by molar-refractivity contribution is -0.137. The molecule has 0 spiro atoms. The lowest BCUT2D eigenvalue weighted by Crippen LogP contribution is -2.16. The number of carbonyl (C=O) groups is 1. The van der Waals surface area contributed by atoms with Crippen molar-refractivity contribution in [1.29, 1.82) is 0 Å². The first-order chi connectivity index (χ1) is 5.61. The Balaban J connectivity index is 2.63. The van der Waals surface area contributed by atoms with Crippen LogP contribution >= 0.6 is 0 Å². The van der Waals surface area contributed by atoms with Crippen molar-refractivity contribution >= 4 is 11.9 Å². The van der Waals surface area contributed by atoms with E-state index in [-0.39, 0.29) is 18.8 Å². The molecular weight excluding hydrogens is 162 g/mol. The van der Waals surface area contributed by atoms with Crippen LogP contribution in [-0.4, -0.2) is 25.9 Å². The van der Waals surface area contributed by atoms with E-state index in [1.165, 1.54) is 0 Å². The highest BCUT2D eigenvalue weighted by Crippen LogP contribution is 2.00. The van der Waals surface area contributed by atoms with Crippen molar-refractivity contribution in [1.82, 2.24) is 14.9 Å². The van der Waals surface area contributed by atoms with E-state index in [1.54, 1.807) is 0 Å². The molecule has 66 valence electrons. The van der Waals surface area contributed by atoms with Gasteiger partial charge in [-0.05, 0) is 0 Å². The van der Waals surface area contributed by atoms with Crippen molar-refractivity contribution in [3.05, 3.63) is 5.82 Å². The number of nitrogens with two attached hydrogens (primary N) is 2. The standard InChI is InChI=1S/C5H9N5O2/c6-5-9-8-3(10(5)7)1-2-4(11)12/h1-2,7H2,(H2,6,9)(H,11,12). The zero-order valence-corrected chi connectivity index (χ0v) is 6.27. The Morgan fingerprint density at radius 1 is 1.58 bits per heavy atom. The molecule has 0 unspecified atom stereocenters. The summed E-state index contributed by atoms with van der Waals surface area (Å²) in [5.41, 5.74) is 5.26. The molecule has 1 aromatic heterocycles. The Hall–Kier alpha value is -1.79. The average molecular weight is 171 g/mol. The summed E-state index contributed by atoms with van der Waals surface area (Å²) >= 11 is 0. The van der Waals surface area contributed by atoms with E-state index in [0.29, 0.717) is 5.82 Å². The van der Waals surface area contributed by atoms with Crippen LogP contribution < -0.4 is 11.6 Å². The maximum absolute atomic E-state index is 10.2. The van der Waals surface area contributed by atoms with Gasteiger partial charge in [0, 0.05) is 6.42 Å². The minimum atomic E-state index is -0.906. The first-order valence-corrected chi connectivity index (χ1v) is 3.28. The number of carboxylic acids is 1. The summed E-state index contributed by atoms with van der Waals surface area (Å²) in [6, 6.07) is 0. The minimum Gasteiger partial charge on any atom is -0.481 e. The smallest absolute Gasteiger partial charge is 0.303 e. The molecule has 7 nitrogen and oxygen atoms in total. The molecule has 12 heavy (non-hydrogen) atoms. The fourth-order valence-electron chi connectivity index (χ4n) is 0.727. The predicted octanol–water partition coefficient (Wildman–Crippen LogP) is -1.41. The highest BCUT2D eigenvalue weighted by Gasteiger charge is 2.07. The Labute approximate surface area is 68.0 Å². The van der Waals surface area contributed by atoms with Gasteiger partial charge in [0.2, 0.25) is 5.95 Å². The van der Waals surface area contributed by atoms with Crippen molar-refractivity contribution in [2.45, 2.75) is 12.8 Å². The van der Waals surface area contributed by atoms with E-state index in [1.807, 2.05) is 0 Å². The van der Waals surface area contributed by atoms with Crippen molar-refractivity contribution < 1.29 is 9.90 Å². The van der Waals surface area contributed by atoms with Gasteiger partial charge in [-0.15, -0.1) is 10.2 Å². The molecule has 0 atom stereocenters. The lowest BCUT2D eigenvalue weighted by atomic mass is 10.3. The number of aromatic nitrogens is 3. The highest BCUT2D eigenvalue weighted by molar-refractivity contribution is 5.66. The molecule has 0 aliphatic rings. The van der Waals surface area contributed by atoms with Crippen LogP contribution in [0.1, 0.15) is 12.2 Å². The third-order valence-corrected chi connectivity index (χ3v) is 1.36. The molecule has 0 radical (unpaired) electrons. The molecule has 0 aliphatic heterocycles. The average Bonchev–Trinajstić information content (AvgIpc) is 2.30. The van der Waals surface area contributed by atoms with Crippen molar-refractivity contribution in [2.75, 3.05) is 11.6 Å². The number of aryl methyl sites for hydroxylation is 1. The zero-order chi connectivity index (χ0) is 9.14. The Morgan fingerprint density at radius 2 is 2.25 bits per heavy atom. The second kappa shape index (κ2) is 3.07. The number of nitrogen functional groups attached to an aromatic ring is 2. The van der Waals surface area contributed by atoms with Crippen molar-refractivity contribution in [2.24, 2.45) is 0 Å². The van der Waals surface area contributed by atoms with Gasteiger partial charge in [-0.3, -0.25) is 4.79 Å². The van der Waals surface area contributed by atoms with Crippen LogP contribution in [0.4, 0.5) is 5.95 Å². The summed E-state index contributed by atoms with van der Waals surface area (Å²) in [5.74, 6) is 4.91. The van der Waals surface area contributed by atoms with Crippen LogP contribution in [0.2, 0.25) is 0 Å². The van der Waals surface area contributed by atoms with Crippen molar-refractivity contribution in [3.8, 4) is 0 Å². The quantitative estimate of drug-likeness (QED) is 0.480. The normalized spacial score (nSPS) is 10.0. The molecule has 0 fully saturated rings. The van der Waals surface area contributed by atoms with Gasteiger partial charge >= 0.3 is 5.97 Å². The Bertz CT molecular complexity index is 294. The maximum Gasteiger partial charge on any atom is 0.303 e. The van der Waals surface area contributed by atoms with Gasteiger partial charge in [-0.2, -0.15) is 0 Å². The summed E-state index contributed by atoms with van der Waals surface area (Å²) in [6.45, 7) is 0. The fraction of sp³-hybridized carbons (Fsp3) is 0.400. The van der Waals surface area contributed by atoms with E-state index < -0.39 is 5.97 Å². The molecule has 7 heteroatoms. The molecule has 0 saturated heterocycles. The summed E-state index contributed by atoms with van der Waals surface area (Å²) in [4.78, 5) is 10.2. The second-order valence-corrected chi connectivity index (χ2v) is 2.24. The summed E-state index contributed by atoms with van der Waals surface area (Å²) in [6.07, 6.45) is 0.200. The molecule has 5 N–H and O–H groups in total. The van der Waals surface area contributed by atoms with E-state index in [4.69, 9.17) is 16.7 Å². The van der Waals surface area contributed by atoms with Gasteiger partial charge < -0.3 is 16.7 Å². The topological polar surface area (TPSA) is 120 Å². The van der Waals surface area contributed by atoms with E-state index in [0.717, 1.165) is 4.68 Å². The Kier molecular flexibility index (Phi) is 2.13. The van der Waals surface area contributed by atoms with Crippen LogP contribution in [0, 0.1) is 0 Å². The summed E-state index contributed by atoms with van der Waals surface area (Å²) in [7, 11) is 0. The van der Waals surface area contributed by atoms with Gasteiger partial charge in [-0.1, -0.05) is 0 Å². The van der Waals surface area contributed by atoms with Gasteiger partial charge in [0.1, 0.15) is 0 Å². The van der Waals surface area contributed by atoms with E-state index >= 15 is 0 Å². The molecule has 1 rings (SSSR count). The molecule has 0 aromatic carbocycles. The molecule has 1 aromatic rings. The van der Waals surface area contributed by atoms with Crippen LogP contribution in [0.3, 0.4) is 0 Å². The summed E-state index contributed by atoms with van der Waals surface area (Å²) < 4.78 is 1.07. The SMILES string of the molecule is Nc1nnc(CCC(=O)O)n1N. The molecular formula is C5H9N5O2. The number of anilines is 1. The second-order valence-electron chi connectivity index (χ2n) is 2.24. The summed E-state index contributed by atoms with van der Waals surface area (Å²) in [5, 5.41) is 15.4. The van der Waals surface area contributed by atoms with Crippen LogP contribution in [0.15, 0.2) is 0 Å². The third-order valence-electron chi connectivity index (χ3n) is 1.36. The van der Waals surface area contributed by atoms with Gasteiger partial charge in [0.05, 0.1) is 6.42 Å². The number of hydrogen-bond acceptors (Lipinski definition) is 5. The fourth-order valence-corrected chi connectivity index (χ4v) is 0.727. The zero-order valence-electron chi connectivity index (χ0n) is 6.27.